The largest absolute Gasteiger partial charge is 0.480 e. The maximum atomic E-state index is 12.4. The van der Waals surface area contributed by atoms with Gasteiger partial charge in [0.15, 0.2) is 0 Å². The van der Waals surface area contributed by atoms with Gasteiger partial charge < -0.3 is 20.1 Å². The number of hydrogen-bond donors (Lipinski definition) is 3. The van der Waals surface area contributed by atoms with Crippen LogP contribution in [0.3, 0.4) is 0 Å². The maximum Gasteiger partial charge on any atom is 0.326 e. The number of hydrogen-bond acceptors (Lipinski definition) is 4. The minimum absolute atomic E-state index is 0.0239. The zero-order valence-electron chi connectivity index (χ0n) is 11.2. The van der Waals surface area contributed by atoms with Gasteiger partial charge in [0.1, 0.15) is 11.6 Å². The van der Waals surface area contributed by atoms with Crippen LogP contribution in [0.4, 0.5) is 0 Å². The molecule has 7 heteroatoms. The Kier molecular flexibility index (Phi) is 3.63. The second-order valence-corrected chi connectivity index (χ2v) is 5.04. The smallest absolute Gasteiger partial charge is 0.326 e. The number of amides is 1. The van der Waals surface area contributed by atoms with Crippen LogP contribution in [-0.2, 0) is 4.79 Å². The highest BCUT2D eigenvalue weighted by Gasteiger charge is 2.40. The Bertz CT molecular complexity index is 622. The molecule has 0 aromatic carbocycles. The maximum absolute atomic E-state index is 12.4. The second kappa shape index (κ2) is 5.09. The van der Waals surface area contributed by atoms with Crippen LogP contribution in [0.2, 0.25) is 0 Å². The summed E-state index contributed by atoms with van der Waals surface area (Å²) in [5.41, 5.74) is 0.496. The number of carbonyl (C=O) groups excluding carboxylic acids is 1. The van der Waals surface area contributed by atoms with Crippen LogP contribution in [-0.4, -0.2) is 50.7 Å². The lowest BCUT2D eigenvalue weighted by atomic mass is 10.1. The molecule has 20 heavy (non-hydrogen) atoms. The van der Waals surface area contributed by atoms with E-state index in [9.17, 15) is 19.5 Å². The molecule has 0 aliphatic carbocycles. The van der Waals surface area contributed by atoms with E-state index in [1.165, 1.54) is 0 Å². The predicted molar refractivity (Wildman–Crippen MR) is 69.6 cm³/mol. The van der Waals surface area contributed by atoms with Crippen LogP contribution in [0.25, 0.3) is 0 Å². The number of β-amino-alcohol motifs (C(OH)–C–C–N with tert-alkyl or cyclic N) is 1. The fourth-order valence-corrected chi connectivity index (χ4v) is 2.54. The van der Waals surface area contributed by atoms with Crippen molar-refractivity contribution >= 4 is 11.9 Å². The number of aryl methyl sites for hydroxylation is 2. The van der Waals surface area contributed by atoms with Crippen molar-refractivity contribution in [3.63, 3.8) is 0 Å². The van der Waals surface area contributed by atoms with Gasteiger partial charge in [-0.25, -0.2) is 4.79 Å². The highest BCUT2D eigenvalue weighted by molar-refractivity contribution is 5.97. The van der Waals surface area contributed by atoms with Gasteiger partial charge in [-0.2, -0.15) is 0 Å². The molecule has 0 radical (unpaired) electrons. The number of aliphatic hydroxyl groups excluding tert-OH is 1. The summed E-state index contributed by atoms with van der Waals surface area (Å²) in [6.07, 6.45) is -0.908. The Balaban J connectivity index is 2.41. The van der Waals surface area contributed by atoms with E-state index in [2.05, 4.69) is 4.98 Å². The van der Waals surface area contributed by atoms with Gasteiger partial charge in [-0.1, -0.05) is 0 Å². The van der Waals surface area contributed by atoms with E-state index in [4.69, 9.17) is 5.11 Å². The molecule has 1 saturated heterocycles. The van der Waals surface area contributed by atoms with Crippen molar-refractivity contribution in [1.82, 2.24) is 9.88 Å². The van der Waals surface area contributed by atoms with Gasteiger partial charge in [0.25, 0.3) is 11.5 Å². The third-order valence-electron chi connectivity index (χ3n) is 3.40. The molecule has 1 aliphatic rings. The zero-order valence-corrected chi connectivity index (χ0v) is 11.2. The lowest BCUT2D eigenvalue weighted by Gasteiger charge is -2.21. The van der Waals surface area contributed by atoms with Crippen molar-refractivity contribution in [3.8, 4) is 0 Å². The van der Waals surface area contributed by atoms with Crippen molar-refractivity contribution in [2.24, 2.45) is 0 Å². The van der Waals surface area contributed by atoms with Crippen molar-refractivity contribution < 1.29 is 19.8 Å². The molecule has 1 amide bonds. The van der Waals surface area contributed by atoms with Crippen LogP contribution < -0.4 is 5.56 Å². The number of carbonyl (C=O) groups is 2. The highest BCUT2D eigenvalue weighted by atomic mass is 16.4. The lowest BCUT2D eigenvalue weighted by Crippen LogP contribution is -2.43. The number of likely N-dealkylation sites (tertiary alicyclic amines) is 1. The molecule has 108 valence electrons. The molecule has 1 fully saturated rings. The molecule has 0 unspecified atom stereocenters. The van der Waals surface area contributed by atoms with Crippen LogP contribution in [0.5, 0.6) is 0 Å². The topological polar surface area (TPSA) is 111 Å². The number of carboxylic acid groups (broad SMARTS) is 1. The second-order valence-electron chi connectivity index (χ2n) is 5.04. The average molecular weight is 280 g/mol. The highest BCUT2D eigenvalue weighted by Crippen LogP contribution is 2.21. The van der Waals surface area contributed by atoms with Gasteiger partial charge >= 0.3 is 5.97 Å². The fraction of sp³-hybridized carbons (Fsp3) is 0.462. The van der Waals surface area contributed by atoms with E-state index in [1.54, 1.807) is 19.9 Å². The molecule has 0 saturated carbocycles. The van der Waals surface area contributed by atoms with E-state index in [1.807, 2.05) is 0 Å². The number of rotatable bonds is 2. The molecule has 1 aromatic rings. The first-order valence-corrected chi connectivity index (χ1v) is 6.23. The van der Waals surface area contributed by atoms with Crippen LogP contribution in [0.15, 0.2) is 10.9 Å². The molecular weight excluding hydrogens is 264 g/mol. The first kappa shape index (κ1) is 14.3. The number of pyridine rings is 1. The number of aliphatic hydroxyl groups is 1. The standard InChI is InChI=1S/C13H16N2O5/c1-6-3-7(2)14-11(17)10(6)12(18)15-5-8(16)4-9(15)13(19)20/h3,8-9,16H,4-5H2,1-2H3,(H,14,17)(H,19,20)/t8-,9-/m0/s1. The SMILES string of the molecule is Cc1cc(C)c(C(=O)N2C[C@@H](O)C[C@H]2C(=O)O)c(=O)[nH]1. The number of H-pyrrole nitrogens is 1. The molecule has 1 aromatic heterocycles. The average Bonchev–Trinajstić information content (AvgIpc) is 2.70. The number of aliphatic carboxylic acids is 1. The molecule has 2 rings (SSSR count). The Morgan fingerprint density at radius 3 is 2.60 bits per heavy atom. The third kappa shape index (κ3) is 2.44. The Hall–Kier alpha value is -2.15. The normalized spacial score (nSPS) is 22.1. The van der Waals surface area contributed by atoms with Crippen LogP contribution in [0, 0.1) is 13.8 Å². The van der Waals surface area contributed by atoms with Gasteiger partial charge in [-0.15, -0.1) is 0 Å². The van der Waals surface area contributed by atoms with Crippen molar-refractivity contribution in [2.45, 2.75) is 32.4 Å². The Labute approximate surface area is 114 Å². The summed E-state index contributed by atoms with van der Waals surface area (Å²) >= 11 is 0. The van der Waals surface area contributed by atoms with Crippen LogP contribution >= 0.6 is 0 Å². The fourth-order valence-electron chi connectivity index (χ4n) is 2.54. The monoisotopic (exact) mass is 280 g/mol. The molecule has 2 heterocycles. The van der Waals surface area contributed by atoms with Gasteiger partial charge in [-0.3, -0.25) is 9.59 Å². The molecule has 1 aliphatic heterocycles. The van der Waals surface area contributed by atoms with Crippen molar-refractivity contribution in [2.75, 3.05) is 6.54 Å². The molecule has 0 bridgehead atoms. The van der Waals surface area contributed by atoms with Crippen LogP contribution in [0.1, 0.15) is 28.0 Å². The Morgan fingerprint density at radius 1 is 1.40 bits per heavy atom. The quantitative estimate of drug-likeness (QED) is 0.686. The summed E-state index contributed by atoms with van der Waals surface area (Å²) in [7, 11) is 0. The van der Waals surface area contributed by atoms with Crippen molar-refractivity contribution in [1.29, 1.82) is 0 Å². The van der Waals surface area contributed by atoms with E-state index < -0.39 is 29.6 Å². The summed E-state index contributed by atoms with van der Waals surface area (Å²) in [5.74, 6) is -1.84. The van der Waals surface area contributed by atoms with Crippen molar-refractivity contribution in [3.05, 3.63) is 33.2 Å². The van der Waals surface area contributed by atoms with E-state index in [-0.39, 0.29) is 18.5 Å². The van der Waals surface area contributed by atoms with E-state index in [0.29, 0.717) is 11.3 Å². The number of nitrogens with one attached hydrogen (secondary N) is 1. The van der Waals surface area contributed by atoms with Gasteiger partial charge in [0.2, 0.25) is 0 Å². The summed E-state index contributed by atoms with van der Waals surface area (Å²) in [5, 5.41) is 18.6. The first-order chi connectivity index (χ1) is 9.31. The summed E-state index contributed by atoms with van der Waals surface area (Å²) < 4.78 is 0. The Morgan fingerprint density at radius 2 is 2.05 bits per heavy atom. The van der Waals surface area contributed by atoms with E-state index >= 15 is 0 Å². The number of carboxylic acids is 1. The van der Waals surface area contributed by atoms with Gasteiger partial charge in [0, 0.05) is 18.7 Å². The lowest BCUT2D eigenvalue weighted by molar-refractivity contribution is -0.141. The summed E-state index contributed by atoms with van der Waals surface area (Å²) in [6.45, 7) is 3.24. The number of nitrogens with zero attached hydrogens (tertiary/aromatic N) is 1. The molecule has 2 atom stereocenters. The molecular formula is C13H16N2O5. The van der Waals surface area contributed by atoms with Gasteiger partial charge in [-0.05, 0) is 25.5 Å². The zero-order chi connectivity index (χ0) is 15.0. The minimum Gasteiger partial charge on any atom is -0.480 e. The number of aromatic amines is 1. The minimum atomic E-state index is -1.18. The van der Waals surface area contributed by atoms with E-state index in [0.717, 1.165) is 4.90 Å². The predicted octanol–water partition coefficient (Wildman–Crippen LogP) is -0.348. The third-order valence-corrected chi connectivity index (χ3v) is 3.40. The first-order valence-electron chi connectivity index (χ1n) is 6.23. The molecule has 7 nitrogen and oxygen atoms in total. The molecule has 0 spiro atoms. The summed E-state index contributed by atoms with van der Waals surface area (Å²) in [4.78, 5) is 39.0. The van der Waals surface area contributed by atoms with Gasteiger partial charge in [0.05, 0.1) is 6.10 Å². The molecule has 3 N–H and O–H groups in total. The summed E-state index contributed by atoms with van der Waals surface area (Å²) in [6, 6.07) is 0.550. The number of aromatic nitrogens is 1.